The largest absolute Gasteiger partial charge is 0.383 e. The summed E-state index contributed by atoms with van der Waals surface area (Å²) in [6.45, 7) is 4.39. The average Bonchev–Trinajstić information content (AvgIpc) is 3.15. The minimum absolute atomic E-state index is 0.118. The topological polar surface area (TPSA) is 119 Å². The fourth-order valence-electron chi connectivity index (χ4n) is 3.48. The van der Waals surface area contributed by atoms with Crippen molar-refractivity contribution in [3.05, 3.63) is 36.9 Å². The molecule has 2 aromatic heterocycles. The summed E-state index contributed by atoms with van der Waals surface area (Å²) in [4.78, 5) is 17.9. The monoisotopic (exact) mass is 417 g/mol. The number of hydrogen-bond acceptors (Lipinski definition) is 8. The Balaban J connectivity index is 1.48. The van der Waals surface area contributed by atoms with Crippen LogP contribution in [0.25, 0.3) is 11.2 Å². The van der Waals surface area contributed by atoms with Gasteiger partial charge >= 0.3 is 0 Å². The predicted octanol–water partition coefficient (Wildman–Crippen LogP) is 0.447. The Kier molecular flexibility index (Phi) is 5.35. The molecule has 3 heterocycles. The number of aromatic nitrogens is 4. The van der Waals surface area contributed by atoms with Gasteiger partial charge in [0.15, 0.2) is 17.0 Å². The molecule has 0 aliphatic carbocycles. The number of methoxy groups -OCH3 is 1. The van der Waals surface area contributed by atoms with Crippen molar-refractivity contribution in [1.29, 1.82) is 0 Å². The van der Waals surface area contributed by atoms with E-state index < -0.39 is 10.0 Å². The van der Waals surface area contributed by atoms with E-state index in [9.17, 15) is 8.42 Å². The Morgan fingerprint density at radius 2 is 1.72 bits per heavy atom. The maximum atomic E-state index is 11.4. The minimum Gasteiger partial charge on any atom is -0.383 e. The molecule has 154 valence electrons. The normalized spacial score (nSPS) is 15.2. The molecule has 0 amide bonds. The van der Waals surface area contributed by atoms with Crippen molar-refractivity contribution in [2.24, 2.45) is 5.14 Å². The van der Waals surface area contributed by atoms with Gasteiger partial charge in [-0.15, -0.1) is 0 Å². The average molecular weight is 417 g/mol. The highest BCUT2D eigenvalue weighted by Gasteiger charge is 2.22. The molecule has 2 N–H and O–H groups in total. The van der Waals surface area contributed by atoms with Crippen LogP contribution in [0.4, 0.5) is 11.5 Å². The van der Waals surface area contributed by atoms with Gasteiger partial charge in [-0.25, -0.2) is 28.5 Å². The van der Waals surface area contributed by atoms with E-state index in [1.165, 1.54) is 12.1 Å². The smallest absolute Gasteiger partial charge is 0.238 e. The zero-order chi connectivity index (χ0) is 20.4. The molecule has 0 bridgehead atoms. The first-order valence-corrected chi connectivity index (χ1v) is 10.8. The molecule has 10 nitrogen and oxygen atoms in total. The molecular formula is C18H23N7O3S. The summed E-state index contributed by atoms with van der Waals surface area (Å²) in [6, 6.07) is 6.65. The molecule has 1 fully saturated rings. The quantitative estimate of drug-likeness (QED) is 0.614. The van der Waals surface area contributed by atoms with Crippen molar-refractivity contribution >= 4 is 32.7 Å². The van der Waals surface area contributed by atoms with Crippen LogP contribution in [0.15, 0.2) is 41.8 Å². The molecule has 3 aromatic rings. The number of primary sulfonamides is 1. The molecule has 0 saturated carbocycles. The predicted molar refractivity (Wildman–Crippen MR) is 109 cm³/mol. The molecular weight excluding hydrogens is 394 g/mol. The number of ether oxygens (including phenoxy) is 1. The summed E-state index contributed by atoms with van der Waals surface area (Å²) in [5.41, 5.74) is 2.55. The molecule has 4 rings (SSSR count). The zero-order valence-corrected chi connectivity index (χ0v) is 16.9. The van der Waals surface area contributed by atoms with Crippen LogP contribution in [0, 0.1) is 0 Å². The highest BCUT2D eigenvalue weighted by molar-refractivity contribution is 7.89. The molecule has 1 aliphatic heterocycles. The van der Waals surface area contributed by atoms with E-state index in [-0.39, 0.29) is 4.90 Å². The Hall–Kier alpha value is -2.76. The number of hydrogen-bond donors (Lipinski definition) is 1. The summed E-state index contributed by atoms with van der Waals surface area (Å²) in [6.07, 6.45) is 3.34. The fraction of sp³-hybridized carbons (Fsp3) is 0.389. The fourth-order valence-corrected chi connectivity index (χ4v) is 3.99. The van der Waals surface area contributed by atoms with Crippen molar-refractivity contribution in [2.45, 2.75) is 11.4 Å². The van der Waals surface area contributed by atoms with E-state index in [1.54, 1.807) is 31.9 Å². The molecule has 0 spiro atoms. The Labute approximate surface area is 169 Å². The van der Waals surface area contributed by atoms with Gasteiger partial charge in [-0.3, -0.25) is 0 Å². The number of benzene rings is 1. The van der Waals surface area contributed by atoms with E-state index in [1.807, 2.05) is 4.57 Å². The van der Waals surface area contributed by atoms with Crippen LogP contribution in [-0.4, -0.2) is 67.8 Å². The molecule has 29 heavy (non-hydrogen) atoms. The van der Waals surface area contributed by atoms with E-state index in [4.69, 9.17) is 9.88 Å². The van der Waals surface area contributed by atoms with E-state index in [0.717, 1.165) is 48.8 Å². The second kappa shape index (κ2) is 7.93. The standard InChI is InChI=1S/C18H23N7O3S/c1-28-11-10-25-13-22-16-17(20-12-21-18(16)25)24-8-6-23(7-9-24)14-2-4-15(5-3-14)29(19,26)27/h2-5,12-13H,6-11H2,1H3,(H2,19,26,27). The Morgan fingerprint density at radius 3 is 2.38 bits per heavy atom. The van der Waals surface area contributed by atoms with Crippen molar-refractivity contribution in [3.63, 3.8) is 0 Å². The number of sulfonamides is 1. The van der Waals surface area contributed by atoms with Crippen LogP contribution in [0.5, 0.6) is 0 Å². The number of fused-ring (bicyclic) bond motifs is 1. The number of nitrogens with zero attached hydrogens (tertiary/aromatic N) is 6. The highest BCUT2D eigenvalue weighted by atomic mass is 32.2. The molecule has 0 atom stereocenters. The third kappa shape index (κ3) is 4.02. The number of anilines is 2. The van der Waals surface area contributed by atoms with Gasteiger partial charge in [0.25, 0.3) is 0 Å². The van der Waals surface area contributed by atoms with Crippen LogP contribution >= 0.6 is 0 Å². The van der Waals surface area contributed by atoms with E-state index >= 15 is 0 Å². The third-order valence-electron chi connectivity index (χ3n) is 5.03. The zero-order valence-electron chi connectivity index (χ0n) is 16.1. The summed E-state index contributed by atoms with van der Waals surface area (Å²) < 4.78 is 29.9. The molecule has 11 heteroatoms. The van der Waals surface area contributed by atoms with Gasteiger partial charge in [0, 0.05) is 45.5 Å². The van der Waals surface area contributed by atoms with Crippen LogP contribution in [0.2, 0.25) is 0 Å². The number of piperazine rings is 1. The maximum Gasteiger partial charge on any atom is 0.238 e. The second-order valence-corrected chi connectivity index (χ2v) is 8.37. The van der Waals surface area contributed by atoms with Crippen molar-refractivity contribution in [1.82, 2.24) is 19.5 Å². The van der Waals surface area contributed by atoms with Gasteiger partial charge in [-0.2, -0.15) is 0 Å². The summed E-state index contributed by atoms with van der Waals surface area (Å²) in [5, 5.41) is 5.17. The van der Waals surface area contributed by atoms with Crippen LogP contribution < -0.4 is 14.9 Å². The van der Waals surface area contributed by atoms with Gasteiger partial charge in [-0.05, 0) is 24.3 Å². The molecule has 1 aliphatic rings. The van der Waals surface area contributed by atoms with Crippen LogP contribution in [0.3, 0.4) is 0 Å². The van der Waals surface area contributed by atoms with Gasteiger partial charge in [0.2, 0.25) is 10.0 Å². The van der Waals surface area contributed by atoms with E-state index in [2.05, 4.69) is 24.8 Å². The molecule has 1 saturated heterocycles. The Bertz CT molecular complexity index is 1090. The lowest BCUT2D eigenvalue weighted by Gasteiger charge is -2.36. The first-order valence-electron chi connectivity index (χ1n) is 9.25. The molecule has 0 radical (unpaired) electrons. The van der Waals surface area contributed by atoms with E-state index in [0.29, 0.717) is 13.2 Å². The van der Waals surface area contributed by atoms with Gasteiger partial charge < -0.3 is 19.1 Å². The van der Waals surface area contributed by atoms with Crippen molar-refractivity contribution in [3.8, 4) is 0 Å². The maximum absolute atomic E-state index is 11.4. The first kappa shape index (κ1) is 19.6. The lowest BCUT2D eigenvalue weighted by atomic mass is 10.2. The summed E-state index contributed by atoms with van der Waals surface area (Å²) in [7, 11) is -2.01. The third-order valence-corrected chi connectivity index (χ3v) is 5.96. The van der Waals surface area contributed by atoms with Crippen molar-refractivity contribution in [2.75, 3.05) is 49.7 Å². The first-order chi connectivity index (χ1) is 14.0. The minimum atomic E-state index is -3.68. The second-order valence-electron chi connectivity index (χ2n) is 6.81. The lowest BCUT2D eigenvalue weighted by molar-refractivity contribution is 0.188. The number of nitrogens with two attached hydrogens (primary N) is 1. The highest BCUT2D eigenvalue weighted by Crippen LogP contribution is 2.25. The van der Waals surface area contributed by atoms with Gasteiger partial charge in [-0.1, -0.05) is 0 Å². The molecule has 1 aromatic carbocycles. The summed E-state index contributed by atoms with van der Waals surface area (Å²) >= 11 is 0. The summed E-state index contributed by atoms with van der Waals surface area (Å²) in [5.74, 6) is 0.829. The van der Waals surface area contributed by atoms with Crippen molar-refractivity contribution < 1.29 is 13.2 Å². The lowest BCUT2D eigenvalue weighted by Crippen LogP contribution is -2.47. The van der Waals surface area contributed by atoms with Gasteiger partial charge in [0.05, 0.1) is 17.8 Å². The van der Waals surface area contributed by atoms with Crippen LogP contribution in [0.1, 0.15) is 0 Å². The van der Waals surface area contributed by atoms with Gasteiger partial charge in [0.1, 0.15) is 6.33 Å². The number of imidazole rings is 1. The Morgan fingerprint density at radius 1 is 1.03 bits per heavy atom. The number of rotatable bonds is 6. The SMILES string of the molecule is COCCn1cnc2c(N3CCN(c4ccc(S(N)(=O)=O)cc4)CC3)ncnc21. The van der Waals surface area contributed by atoms with Crippen LogP contribution in [-0.2, 0) is 21.3 Å². The molecule has 0 unspecified atom stereocenters.